The van der Waals surface area contributed by atoms with Crippen LogP contribution in [0.2, 0.25) is 0 Å². The molecule has 3 nitrogen and oxygen atoms in total. The number of hydrogen-bond donors (Lipinski definition) is 0. The highest BCUT2D eigenvalue weighted by Gasteiger charge is 2.21. The van der Waals surface area contributed by atoms with Gasteiger partial charge in [0.1, 0.15) is 16.5 Å². The first-order valence-corrected chi connectivity index (χ1v) is 5.89. The molecule has 0 aliphatic rings. The normalized spacial score (nSPS) is 12.1. The summed E-state index contributed by atoms with van der Waals surface area (Å²) < 4.78 is 24.3. The van der Waals surface area contributed by atoms with Crippen LogP contribution in [0.5, 0.6) is 11.5 Å². The van der Waals surface area contributed by atoms with E-state index in [0.29, 0.717) is 22.2 Å². The molecule has 0 fully saturated rings. The molecule has 0 saturated carbocycles. The highest BCUT2D eigenvalue weighted by atomic mass is 79.9. The van der Waals surface area contributed by atoms with E-state index in [4.69, 9.17) is 9.47 Å². The summed E-state index contributed by atoms with van der Waals surface area (Å²) >= 11 is 3.24. The molecule has 5 heteroatoms. The van der Waals surface area contributed by atoms with E-state index in [-0.39, 0.29) is 11.7 Å². The maximum atomic E-state index is 13.7. The van der Waals surface area contributed by atoms with E-state index in [2.05, 4.69) is 15.9 Å². The standard InChI is InChI=1S/C12H14BrFO3/c1-7(4-5-15)8-6-9(14)12(17-3)10(13)11(8)16-2/h5-7H,4H2,1-3H3. The van der Waals surface area contributed by atoms with Crippen LogP contribution in [0.4, 0.5) is 4.39 Å². The molecule has 1 aromatic carbocycles. The predicted molar refractivity (Wildman–Crippen MR) is 66.3 cm³/mol. The molecular weight excluding hydrogens is 291 g/mol. The molecule has 0 aromatic heterocycles. The lowest BCUT2D eigenvalue weighted by Crippen LogP contribution is -2.02. The largest absolute Gasteiger partial charge is 0.495 e. The number of benzene rings is 1. The average molecular weight is 305 g/mol. The van der Waals surface area contributed by atoms with Crippen molar-refractivity contribution in [2.45, 2.75) is 19.3 Å². The van der Waals surface area contributed by atoms with E-state index in [1.54, 1.807) is 0 Å². The first-order valence-electron chi connectivity index (χ1n) is 5.10. The van der Waals surface area contributed by atoms with Crippen LogP contribution in [0.1, 0.15) is 24.8 Å². The third kappa shape index (κ3) is 2.77. The monoisotopic (exact) mass is 304 g/mol. The second-order valence-electron chi connectivity index (χ2n) is 3.63. The van der Waals surface area contributed by atoms with Gasteiger partial charge in [-0.15, -0.1) is 0 Å². The van der Waals surface area contributed by atoms with Gasteiger partial charge in [0.15, 0.2) is 11.6 Å². The highest BCUT2D eigenvalue weighted by molar-refractivity contribution is 9.10. The number of ether oxygens (including phenoxy) is 2. The fraction of sp³-hybridized carbons (Fsp3) is 0.417. The smallest absolute Gasteiger partial charge is 0.172 e. The van der Waals surface area contributed by atoms with Crippen LogP contribution >= 0.6 is 15.9 Å². The Morgan fingerprint density at radius 1 is 1.41 bits per heavy atom. The fourth-order valence-corrected chi connectivity index (χ4v) is 2.38. The predicted octanol–water partition coefficient (Wildman–Crippen LogP) is 3.30. The van der Waals surface area contributed by atoms with Gasteiger partial charge in [-0.05, 0) is 27.9 Å². The van der Waals surface area contributed by atoms with E-state index in [0.717, 1.165) is 6.29 Å². The molecule has 0 heterocycles. The third-order valence-corrected chi connectivity index (χ3v) is 3.27. The van der Waals surface area contributed by atoms with Crippen LogP contribution in [-0.2, 0) is 4.79 Å². The van der Waals surface area contributed by atoms with Crippen molar-refractivity contribution in [1.82, 2.24) is 0 Å². The van der Waals surface area contributed by atoms with Crippen LogP contribution in [0.25, 0.3) is 0 Å². The maximum Gasteiger partial charge on any atom is 0.172 e. The second kappa shape index (κ2) is 6.00. The van der Waals surface area contributed by atoms with E-state index in [1.165, 1.54) is 20.3 Å². The molecule has 0 amide bonds. The maximum absolute atomic E-state index is 13.7. The molecule has 0 aliphatic heterocycles. The molecule has 0 saturated heterocycles. The summed E-state index contributed by atoms with van der Waals surface area (Å²) in [5, 5.41) is 0. The van der Waals surface area contributed by atoms with Gasteiger partial charge in [0.2, 0.25) is 0 Å². The lowest BCUT2D eigenvalue weighted by Gasteiger charge is -2.17. The summed E-state index contributed by atoms with van der Waals surface area (Å²) in [5.74, 6) is 0.00795. The second-order valence-corrected chi connectivity index (χ2v) is 4.42. The highest BCUT2D eigenvalue weighted by Crippen LogP contribution is 2.42. The molecule has 94 valence electrons. The Morgan fingerprint density at radius 2 is 2.00 bits per heavy atom. The summed E-state index contributed by atoms with van der Waals surface area (Å²) in [6, 6.07) is 1.34. The van der Waals surface area contributed by atoms with Crippen molar-refractivity contribution >= 4 is 22.2 Å². The zero-order valence-corrected chi connectivity index (χ0v) is 11.5. The minimum absolute atomic E-state index is 0.101. The van der Waals surface area contributed by atoms with Gasteiger partial charge in [-0.1, -0.05) is 6.92 Å². The van der Waals surface area contributed by atoms with Gasteiger partial charge in [0, 0.05) is 12.0 Å². The number of aldehydes is 1. The first kappa shape index (κ1) is 14.0. The minimum atomic E-state index is -0.479. The van der Waals surface area contributed by atoms with Crippen molar-refractivity contribution in [3.63, 3.8) is 0 Å². The number of hydrogen-bond acceptors (Lipinski definition) is 3. The van der Waals surface area contributed by atoms with Gasteiger partial charge in [0.25, 0.3) is 0 Å². The zero-order chi connectivity index (χ0) is 13.0. The number of halogens is 2. The summed E-state index contributed by atoms with van der Waals surface area (Å²) in [6.45, 7) is 1.84. The minimum Gasteiger partial charge on any atom is -0.495 e. The fourth-order valence-electron chi connectivity index (χ4n) is 1.63. The van der Waals surface area contributed by atoms with Crippen molar-refractivity contribution in [1.29, 1.82) is 0 Å². The summed E-state index contributed by atoms with van der Waals surface area (Å²) in [7, 11) is 2.88. The summed E-state index contributed by atoms with van der Waals surface area (Å²) in [6.07, 6.45) is 1.12. The first-order chi connectivity index (χ1) is 8.06. The Balaban J connectivity index is 3.35. The van der Waals surface area contributed by atoms with Gasteiger partial charge in [-0.2, -0.15) is 0 Å². The van der Waals surface area contributed by atoms with Crippen LogP contribution in [0.3, 0.4) is 0 Å². The lowest BCUT2D eigenvalue weighted by molar-refractivity contribution is -0.108. The van der Waals surface area contributed by atoms with Gasteiger partial charge in [0.05, 0.1) is 14.2 Å². The van der Waals surface area contributed by atoms with E-state index >= 15 is 0 Å². The molecule has 0 spiro atoms. The Morgan fingerprint density at radius 3 is 2.47 bits per heavy atom. The summed E-state index contributed by atoms with van der Waals surface area (Å²) in [5.41, 5.74) is 0.643. The van der Waals surface area contributed by atoms with Gasteiger partial charge in [-0.3, -0.25) is 0 Å². The van der Waals surface area contributed by atoms with Crippen molar-refractivity contribution in [3.05, 3.63) is 21.9 Å². The number of rotatable bonds is 5. The van der Waals surface area contributed by atoms with Gasteiger partial charge < -0.3 is 14.3 Å². The topological polar surface area (TPSA) is 35.5 Å². The zero-order valence-electron chi connectivity index (χ0n) is 9.92. The van der Waals surface area contributed by atoms with E-state index in [9.17, 15) is 9.18 Å². The molecule has 1 rings (SSSR count). The summed E-state index contributed by atoms with van der Waals surface area (Å²) in [4.78, 5) is 10.5. The number of methoxy groups -OCH3 is 2. The SMILES string of the molecule is COc1c(F)cc(C(C)CC=O)c(OC)c1Br. The van der Waals surface area contributed by atoms with E-state index in [1.807, 2.05) is 6.92 Å². The Kier molecular flexibility index (Phi) is 4.93. The molecule has 1 unspecified atom stereocenters. The average Bonchev–Trinajstić information content (AvgIpc) is 2.29. The van der Waals surface area contributed by atoms with Crippen LogP contribution in [0, 0.1) is 5.82 Å². The van der Waals surface area contributed by atoms with E-state index < -0.39 is 5.82 Å². The van der Waals surface area contributed by atoms with Crippen LogP contribution in [-0.4, -0.2) is 20.5 Å². The molecule has 17 heavy (non-hydrogen) atoms. The van der Waals surface area contributed by atoms with Crippen molar-refractivity contribution in [2.75, 3.05) is 14.2 Å². The quantitative estimate of drug-likeness (QED) is 0.783. The molecular formula is C12H14BrFO3. The number of carbonyl (C=O) groups is 1. The Hall–Kier alpha value is -1.10. The third-order valence-electron chi connectivity index (χ3n) is 2.55. The molecule has 0 radical (unpaired) electrons. The van der Waals surface area contributed by atoms with Gasteiger partial charge in [-0.25, -0.2) is 4.39 Å². The molecule has 1 aromatic rings. The van der Waals surface area contributed by atoms with Crippen LogP contribution in [0.15, 0.2) is 10.5 Å². The molecule has 0 aliphatic carbocycles. The number of carbonyl (C=O) groups excluding carboxylic acids is 1. The molecule has 0 bridgehead atoms. The van der Waals surface area contributed by atoms with Crippen molar-refractivity contribution < 1.29 is 18.7 Å². The van der Waals surface area contributed by atoms with Crippen LogP contribution < -0.4 is 9.47 Å². The van der Waals surface area contributed by atoms with Gasteiger partial charge >= 0.3 is 0 Å². The molecule has 0 N–H and O–H groups in total. The van der Waals surface area contributed by atoms with Crippen molar-refractivity contribution in [3.8, 4) is 11.5 Å². The molecule has 1 atom stereocenters. The lowest BCUT2D eigenvalue weighted by atomic mass is 9.97. The Bertz CT molecular complexity index is 421. The van der Waals surface area contributed by atoms with Crippen molar-refractivity contribution in [2.24, 2.45) is 0 Å². The Labute approximate surface area is 108 Å².